The Morgan fingerprint density at radius 3 is 2.05 bits per heavy atom. The van der Waals surface area contributed by atoms with E-state index in [1.165, 1.54) is 0 Å². The van der Waals surface area contributed by atoms with Crippen LogP contribution in [0.15, 0.2) is 25.3 Å². The zero-order chi connectivity index (χ0) is 16.6. The average Bonchev–Trinajstić information content (AvgIpc) is 2.44. The van der Waals surface area contributed by atoms with Gasteiger partial charge in [-0.15, -0.1) is 13.2 Å². The van der Waals surface area contributed by atoms with Crippen LogP contribution in [0.1, 0.15) is 25.7 Å². The first-order valence-corrected chi connectivity index (χ1v) is 7.56. The van der Waals surface area contributed by atoms with Gasteiger partial charge in [0.1, 0.15) is 0 Å². The van der Waals surface area contributed by atoms with E-state index in [9.17, 15) is 9.59 Å². The number of carboxylic acids is 2. The van der Waals surface area contributed by atoms with E-state index in [-0.39, 0.29) is 18.4 Å². The molecule has 6 nitrogen and oxygen atoms in total. The molecule has 0 aromatic carbocycles. The lowest BCUT2D eigenvalue weighted by Crippen LogP contribution is -2.62. The van der Waals surface area contributed by atoms with Gasteiger partial charge in [-0.2, -0.15) is 0 Å². The Hall–Kier alpha value is -1.66. The first-order valence-electron chi connectivity index (χ1n) is 7.56. The predicted molar refractivity (Wildman–Crippen MR) is 84.9 cm³/mol. The SMILES string of the molecule is C=CCC1(CC=C)CN(CCC(=O)O)CCN1CCC(=O)O. The summed E-state index contributed by atoms with van der Waals surface area (Å²) in [5.74, 6) is -1.61. The van der Waals surface area contributed by atoms with Crippen LogP contribution in [-0.2, 0) is 9.59 Å². The van der Waals surface area contributed by atoms with E-state index in [4.69, 9.17) is 10.2 Å². The van der Waals surface area contributed by atoms with Crippen molar-refractivity contribution in [3.63, 3.8) is 0 Å². The van der Waals surface area contributed by atoms with Crippen molar-refractivity contribution in [2.75, 3.05) is 32.7 Å². The predicted octanol–water partition coefficient (Wildman–Crippen LogP) is 1.44. The maximum absolute atomic E-state index is 10.9. The fourth-order valence-corrected chi connectivity index (χ4v) is 3.13. The molecule has 1 rings (SSSR count). The van der Waals surface area contributed by atoms with Gasteiger partial charge in [0.05, 0.1) is 12.8 Å². The summed E-state index contributed by atoms with van der Waals surface area (Å²) in [4.78, 5) is 26.0. The molecular weight excluding hydrogens is 284 g/mol. The monoisotopic (exact) mass is 310 g/mol. The van der Waals surface area contributed by atoms with Crippen LogP contribution in [0.25, 0.3) is 0 Å². The van der Waals surface area contributed by atoms with Crippen LogP contribution >= 0.6 is 0 Å². The lowest BCUT2D eigenvalue weighted by Gasteiger charge is -2.50. The van der Waals surface area contributed by atoms with Crippen LogP contribution in [0.4, 0.5) is 0 Å². The minimum atomic E-state index is -0.806. The summed E-state index contributed by atoms with van der Waals surface area (Å²) in [6, 6.07) is 0. The Bertz CT molecular complexity index is 412. The fourth-order valence-electron chi connectivity index (χ4n) is 3.13. The second kappa shape index (κ2) is 8.70. The van der Waals surface area contributed by atoms with Crippen LogP contribution in [0.3, 0.4) is 0 Å². The van der Waals surface area contributed by atoms with Gasteiger partial charge in [-0.3, -0.25) is 19.4 Å². The number of nitrogens with zero attached hydrogens (tertiary/aromatic N) is 2. The maximum Gasteiger partial charge on any atom is 0.304 e. The Kier molecular flexibility index (Phi) is 7.27. The van der Waals surface area contributed by atoms with Crippen molar-refractivity contribution in [3.8, 4) is 0 Å². The highest BCUT2D eigenvalue weighted by Crippen LogP contribution is 2.30. The van der Waals surface area contributed by atoms with E-state index < -0.39 is 11.9 Å². The number of aliphatic carboxylic acids is 2. The molecule has 124 valence electrons. The van der Waals surface area contributed by atoms with Crippen LogP contribution in [0.2, 0.25) is 0 Å². The highest BCUT2D eigenvalue weighted by atomic mass is 16.4. The number of hydrogen-bond acceptors (Lipinski definition) is 4. The maximum atomic E-state index is 10.9. The van der Waals surface area contributed by atoms with E-state index in [1.54, 1.807) is 0 Å². The third-order valence-corrected chi connectivity index (χ3v) is 4.16. The van der Waals surface area contributed by atoms with Crippen molar-refractivity contribution in [3.05, 3.63) is 25.3 Å². The van der Waals surface area contributed by atoms with E-state index in [1.807, 2.05) is 12.2 Å². The zero-order valence-corrected chi connectivity index (χ0v) is 13.0. The summed E-state index contributed by atoms with van der Waals surface area (Å²) in [6.07, 6.45) is 5.36. The highest BCUT2D eigenvalue weighted by molar-refractivity contribution is 5.67. The molecule has 0 spiro atoms. The van der Waals surface area contributed by atoms with Crippen LogP contribution in [0, 0.1) is 0 Å². The van der Waals surface area contributed by atoms with Gasteiger partial charge in [-0.25, -0.2) is 0 Å². The summed E-state index contributed by atoms with van der Waals surface area (Å²) >= 11 is 0. The van der Waals surface area contributed by atoms with Crippen molar-refractivity contribution < 1.29 is 19.8 Å². The lowest BCUT2D eigenvalue weighted by atomic mass is 9.86. The molecule has 6 heteroatoms. The molecule has 1 fully saturated rings. The van der Waals surface area contributed by atoms with Gasteiger partial charge in [0.15, 0.2) is 0 Å². The molecule has 1 aliphatic heterocycles. The molecule has 1 aliphatic rings. The molecule has 0 bridgehead atoms. The van der Waals surface area contributed by atoms with Gasteiger partial charge < -0.3 is 10.2 Å². The second-order valence-electron chi connectivity index (χ2n) is 5.76. The number of hydrogen-bond donors (Lipinski definition) is 2. The number of piperazine rings is 1. The third kappa shape index (κ3) is 5.27. The van der Waals surface area contributed by atoms with Crippen molar-refractivity contribution in [2.24, 2.45) is 0 Å². The van der Waals surface area contributed by atoms with Crippen LogP contribution in [-0.4, -0.2) is 70.2 Å². The first kappa shape index (κ1) is 18.4. The molecule has 0 aromatic rings. The fraction of sp³-hybridized carbons (Fsp3) is 0.625. The molecule has 0 unspecified atom stereocenters. The molecule has 2 N–H and O–H groups in total. The van der Waals surface area contributed by atoms with Gasteiger partial charge >= 0.3 is 11.9 Å². The molecule has 0 atom stereocenters. The van der Waals surface area contributed by atoms with Crippen LogP contribution in [0.5, 0.6) is 0 Å². The number of rotatable bonds is 10. The van der Waals surface area contributed by atoms with Gasteiger partial charge in [-0.05, 0) is 12.8 Å². The molecule has 1 heterocycles. The number of carboxylic acid groups (broad SMARTS) is 2. The van der Waals surface area contributed by atoms with Crippen molar-refractivity contribution >= 4 is 11.9 Å². The van der Waals surface area contributed by atoms with Crippen molar-refractivity contribution in [1.29, 1.82) is 0 Å². The lowest BCUT2D eigenvalue weighted by molar-refractivity contribution is -0.139. The highest BCUT2D eigenvalue weighted by Gasteiger charge is 2.39. The van der Waals surface area contributed by atoms with Crippen LogP contribution < -0.4 is 0 Å². The molecule has 1 saturated heterocycles. The Labute approximate surface area is 131 Å². The van der Waals surface area contributed by atoms with Gasteiger partial charge in [0.2, 0.25) is 0 Å². The van der Waals surface area contributed by atoms with Gasteiger partial charge in [-0.1, -0.05) is 12.2 Å². The van der Waals surface area contributed by atoms with E-state index in [0.29, 0.717) is 19.6 Å². The van der Waals surface area contributed by atoms with Crippen molar-refractivity contribution in [2.45, 2.75) is 31.2 Å². The molecular formula is C16H26N2O4. The largest absolute Gasteiger partial charge is 0.481 e. The molecule has 22 heavy (non-hydrogen) atoms. The molecule has 0 radical (unpaired) electrons. The molecule has 0 aromatic heterocycles. The average molecular weight is 310 g/mol. The van der Waals surface area contributed by atoms with E-state index in [2.05, 4.69) is 23.0 Å². The summed E-state index contributed by atoms with van der Waals surface area (Å²) in [6.45, 7) is 10.8. The smallest absolute Gasteiger partial charge is 0.304 e. The van der Waals surface area contributed by atoms with Gasteiger partial charge in [0.25, 0.3) is 0 Å². The normalized spacial score (nSPS) is 18.7. The second-order valence-corrected chi connectivity index (χ2v) is 5.76. The molecule has 0 saturated carbocycles. The number of carbonyl (C=O) groups is 2. The Morgan fingerprint density at radius 1 is 1.00 bits per heavy atom. The van der Waals surface area contributed by atoms with Gasteiger partial charge in [0, 0.05) is 38.3 Å². The Morgan fingerprint density at radius 2 is 1.55 bits per heavy atom. The van der Waals surface area contributed by atoms with Crippen molar-refractivity contribution in [1.82, 2.24) is 9.80 Å². The minimum Gasteiger partial charge on any atom is -0.481 e. The standard InChI is InChI=1S/C16H26N2O4/c1-3-7-16(8-4-2)13-17(9-5-14(19)20)11-12-18(16)10-6-15(21)22/h3-4H,1-2,5-13H2,(H,19,20)(H,21,22). The quantitative estimate of drug-likeness (QED) is 0.594. The summed E-state index contributed by atoms with van der Waals surface area (Å²) in [5, 5.41) is 17.8. The Balaban J connectivity index is 2.83. The summed E-state index contributed by atoms with van der Waals surface area (Å²) in [5.41, 5.74) is -0.240. The minimum absolute atomic E-state index is 0.102. The van der Waals surface area contributed by atoms with E-state index in [0.717, 1.165) is 25.9 Å². The summed E-state index contributed by atoms with van der Waals surface area (Å²) < 4.78 is 0. The van der Waals surface area contributed by atoms with E-state index >= 15 is 0 Å². The topological polar surface area (TPSA) is 81.1 Å². The first-order chi connectivity index (χ1) is 10.4. The summed E-state index contributed by atoms with van der Waals surface area (Å²) in [7, 11) is 0. The zero-order valence-electron chi connectivity index (χ0n) is 13.0. The third-order valence-electron chi connectivity index (χ3n) is 4.16. The molecule has 0 aliphatic carbocycles. The molecule has 0 amide bonds.